The first-order valence-electron chi connectivity index (χ1n) is 7.69. The van der Waals surface area contributed by atoms with Crippen molar-refractivity contribution in [3.05, 3.63) is 0 Å². The highest BCUT2D eigenvalue weighted by Gasteiger charge is 2.24. The molecule has 126 valence electrons. The maximum absolute atomic E-state index is 11.9. The van der Waals surface area contributed by atoms with Crippen molar-refractivity contribution in [2.24, 2.45) is 0 Å². The van der Waals surface area contributed by atoms with Crippen LogP contribution in [0.4, 0.5) is 4.79 Å². The van der Waals surface area contributed by atoms with Crippen molar-refractivity contribution < 1.29 is 24.2 Å². The predicted molar refractivity (Wildman–Crippen MR) is 80.5 cm³/mol. The van der Waals surface area contributed by atoms with E-state index in [1.165, 1.54) is 0 Å². The van der Waals surface area contributed by atoms with Crippen molar-refractivity contribution in [2.45, 2.75) is 64.5 Å². The van der Waals surface area contributed by atoms with Crippen molar-refractivity contribution in [3.63, 3.8) is 0 Å². The fraction of sp³-hybridized carbons (Fsp3) is 0.800. The summed E-state index contributed by atoms with van der Waals surface area (Å²) in [6.45, 7) is 6.69. The zero-order chi connectivity index (χ0) is 16.8. The monoisotopic (exact) mass is 314 g/mol. The number of nitrogens with zero attached hydrogens (tertiary/aromatic N) is 1. The van der Waals surface area contributed by atoms with Crippen LogP contribution in [-0.4, -0.2) is 52.7 Å². The minimum Gasteiger partial charge on any atom is -0.480 e. The normalized spacial score (nSPS) is 16.2. The molecule has 0 spiro atoms. The second-order valence-electron chi connectivity index (χ2n) is 6.52. The molecule has 0 unspecified atom stereocenters. The molecule has 1 atom stereocenters. The molecule has 0 aliphatic carbocycles. The van der Waals surface area contributed by atoms with Gasteiger partial charge in [-0.2, -0.15) is 0 Å². The number of carbonyl (C=O) groups is 3. The Kier molecular flexibility index (Phi) is 6.64. The van der Waals surface area contributed by atoms with E-state index in [9.17, 15) is 14.4 Å². The summed E-state index contributed by atoms with van der Waals surface area (Å²) >= 11 is 0. The van der Waals surface area contributed by atoms with Crippen LogP contribution in [0.5, 0.6) is 0 Å². The van der Waals surface area contributed by atoms with E-state index in [1.54, 1.807) is 25.7 Å². The summed E-state index contributed by atoms with van der Waals surface area (Å²) in [7, 11) is 0. The smallest absolute Gasteiger partial charge is 0.408 e. The molecule has 0 saturated carbocycles. The van der Waals surface area contributed by atoms with Gasteiger partial charge in [0.1, 0.15) is 11.6 Å². The molecule has 0 bridgehead atoms. The second-order valence-corrected chi connectivity index (χ2v) is 6.52. The van der Waals surface area contributed by atoms with Crippen LogP contribution in [0.15, 0.2) is 0 Å². The van der Waals surface area contributed by atoms with Gasteiger partial charge in [0.2, 0.25) is 5.91 Å². The predicted octanol–water partition coefficient (Wildman–Crippen LogP) is 1.76. The number of hydrogen-bond donors (Lipinski definition) is 2. The van der Waals surface area contributed by atoms with Crippen LogP contribution < -0.4 is 5.32 Å². The SMILES string of the molecule is CC(C)(C)OC(=O)N[C@@H](CCCC(=O)N1CCCC1)C(=O)O. The Labute approximate surface area is 131 Å². The zero-order valence-corrected chi connectivity index (χ0v) is 13.6. The third-order valence-electron chi connectivity index (χ3n) is 3.33. The van der Waals surface area contributed by atoms with E-state index >= 15 is 0 Å². The third-order valence-corrected chi connectivity index (χ3v) is 3.33. The molecule has 1 saturated heterocycles. The fourth-order valence-electron chi connectivity index (χ4n) is 2.29. The lowest BCUT2D eigenvalue weighted by molar-refractivity contribution is -0.140. The summed E-state index contributed by atoms with van der Waals surface area (Å²) in [6.07, 6.45) is 2.23. The molecule has 0 aromatic carbocycles. The largest absolute Gasteiger partial charge is 0.480 e. The first-order valence-corrected chi connectivity index (χ1v) is 7.69. The molecule has 0 aromatic heterocycles. The molecule has 0 aromatic rings. The number of aliphatic carboxylic acids is 1. The van der Waals surface area contributed by atoms with E-state index in [4.69, 9.17) is 9.84 Å². The van der Waals surface area contributed by atoms with Crippen molar-refractivity contribution in [2.75, 3.05) is 13.1 Å². The molecule has 2 N–H and O–H groups in total. The highest BCUT2D eigenvalue weighted by atomic mass is 16.6. The lowest BCUT2D eigenvalue weighted by Gasteiger charge is -2.22. The van der Waals surface area contributed by atoms with E-state index in [-0.39, 0.29) is 12.3 Å². The van der Waals surface area contributed by atoms with Crippen LogP contribution in [-0.2, 0) is 14.3 Å². The molecule has 1 aliphatic heterocycles. The highest BCUT2D eigenvalue weighted by molar-refractivity contribution is 5.80. The van der Waals surface area contributed by atoms with E-state index in [1.807, 2.05) is 0 Å². The van der Waals surface area contributed by atoms with Gasteiger partial charge in [0, 0.05) is 19.5 Å². The van der Waals surface area contributed by atoms with Crippen LogP contribution in [0.2, 0.25) is 0 Å². The molecule has 22 heavy (non-hydrogen) atoms. The lowest BCUT2D eigenvalue weighted by Crippen LogP contribution is -2.43. The third kappa shape index (κ3) is 6.78. The van der Waals surface area contributed by atoms with Gasteiger partial charge in [-0.05, 0) is 46.5 Å². The van der Waals surface area contributed by atoms with Crippen LogP contribution in [0.25, 0.3) is 0 Å². The van der Waals surface area contributed by atoms with Crippen LogP contribution >= 0.6 is 0 Å². The molecule has 2 amide bonds. The number of ether oxygens (including phenoxy) is 1. The minimum atomic E-state index is -1.13. The highest BCUT2D eigenvalue weighted by Crippen LogP contribution is 2.12. The Morgan fingerprint density at radius 2 is 1.82 bits per heavy atom. The van der Waals surface area contributed by atoms with Crippen LogP contribution in [0, 0.1) is 0 Å². The summed E-state index contributed by atoms with van der Waals surface area (Å²) in [5.41, 5.74) is -0.682. The van der Waals surface area contributed by atoms with E-state index in [0.29, 0.717) is 12.8 Å². The molecule has 7 heteroatoms. The Balaban J connectivity index is 2.36. The van der Waals surface area contributed by atoms with Crippen molar-refractivity contribution in [3.8, 4) is 0 Å². The molecule has 7 nitrogen and oxygen atoms in total. The van der Waals surface area contributed by atoms with Gasteiger partial charge >= 0.3 is 12.1 Å². The Hall–Kier alpha value is -1.79. The van der Waals surface area contributed by atoms with Gasteiger partial charge in [0.15, 0.2) is 0 Å². The number of alkyl carbamates (subject to hydrolysis) is 1. The number of likely N-dealkylation sites (tertiary alicyclic amines) is 1. The standard InChI is InChI=1S/C15H26N2O5/c1-15(2,3)22-14(21)16-11(13(19)20)7-6-8-12(18)17-9-4-5-10-17/h11H,4-10H2,1-3H3,(H,16,21)(H,19,20)/t11-/m0/s1. The van der Waals surface area contributed by atoms with Gasteiger partial charge in [-0.15, -0.1) is 0 Å². The molecular formula is C15H26N2O5. The van der Waals surface area contributed by atoms with Crippen molar-refractivity contribution in [1.29, 1.82) is 0 Å². The molecular weight excluding hydrogens is 288 g/mol. The van der Waals surface area contributed by atoms with Crippen molar-refractivity contribution in [1.82, 2.24) is 10.2 Å². The number of carboxylic acids is 1. The molecule has 1 aliphatic rings. The average Bonchev–Trinajstić information content (AvgIpc) is 2.88. The second kappa shape index (κ2) is 8.00. The summed E-state index contributed by atoms with van der Waals surface area (Å²) < 4.78 is 5.04. The van der Waals surface area contributed by atoms with Gasteiger partial charge in [0.25, 0.3) is 0 Å². The average molecular weight is 314 g/mol. The molecule has 1 fully saturated rings. The number of nitrogens with one attached hydrogen (secondary N) is 1. The number of rotatable bonds is 6. The van der Waals surface area contributed by atoms with Crippen molar-refractivity contribution >= 4 is 18.0 Å². The van der Waals surface area contributed by atoms with Gasteiger partial charge in [-0.3, -0.25) is 4.79 Å². The first kappa shape index (κ1) is 18.3. The number of carbonyl (C=O) groups excluding carboxylic acids is 2. The van der Waals surface area contributed by atoms with E-state index in [0.717, 1.165) is 25.9 Å². The molecule has 1 rings (SSSR count). The van der Waals surface area contributed by atoms with E-state index in [2.05, 4.69) is 5.32 Å². The first-order chi connectivity index (χ1) is 10.2. The number of carboxylic acid groups (broad SMARTS) is 1. The van der Waals surface area contributed by atoms with E-state index < -0.39 is 23.7 Å². The Morgan fingerprint density at radius 3 is 2.32 bits per heavy atom. The molecule has 1 heterocycles. The van der Waals surface area contributed by atoms with Gasteiger partial charge in [-0.25, -0.2) is 9.59 Å². The topological polar surface area (TPSA) is 95.9 Å². The van der Waals surface area contributed by atoms with Gasteiger partial charge < -0.3 is 20.1 Å². The zero-order valence-electron chi connectivity index (χ0n) is 13.6. The summed E-state index contributed by atoms with van der Waals surface area (Å²) in [5.74, 6) is -1.07. The maximum Gasteiger partial charge on any atom is 0.408 e. The maximum atomic E-state index is 11.9. The summed E-state index contributed by atoms with van der Waals surface area (Å²) in [4.78, 5) is 36.5. The summed E-state index contributed by atoms with van der Waals surface area (Å²) in [5, 5.41) is 11.5. The fourth-order valence-corrected chi connectivity index (χ4v) is 2.29. The van der Waals surface area contributed by atoms with Crippen LogP contribution in [0.1, 0.15) is 52.9 Å². The van der Waals surface area contributed by atoms with Gasteiger partial charge in [0.05, 0.1) is 0 Å². The molecule has 0 radical (unpaired) electrons. The minimum absolute atomic E-state index is 0.0545. The lowest BCUT2D eigenvalue weighted by atomic mass is 10.1. The Bertz CT molecular complexity index is 411. The van der Waals surface area contributed by atoms with Crippen LogP contribution in [0.3, 0.4) is 0 Å². The van der Waals surface area contributed by atoms with Gasteiger partial charge in [-0.1, -0.05) is 0 Å². The summed E-state index contributed by atoms with van der Waals surface area (Å²) in [6, 6.07) is -1.04. The quantitative estimate of drug-likeness (QED) is 0.778. The number of amides is 2. The Morgan fingerprint density at radius 1 is 1.23 bits per heavy atom. The number of hydrogen-bond acceptors (Lipinski definition) is 4.